The summed E-state index contributed by atoms with van der Waals surface area (Å²) in [5.41, 5.74) is -2.69. The quantitative estimate of drug-likeness (QED) is 0.859. The van der Waals surface area contributed by atoms with E-state index in [4.69, 9.17) is 14.6 Å². The smallest absolute Gasteiger partial charge is 0.349 e. The largest absolute Gasteiger partial charge is 0.481 e. The fourth-order valence-corrected chi connectivity index (χ4v) is 1.38. The number of carboxylic acid groups (broad SMARTS) is 1. The second kappa shape index (κ2) is 5.16. The summed E-state index contributed by atoms with van der Waals surface area (Å²) >= 11 is 0. The third-order valence-corrected chi connectivity index (χ3v) is 2.53. The van der Waals surface area contributed by atoms with Crippen molar-refractivity contribution in [2.75, 3.05) is 14.2 Å². The van der Waals surface area contributed by atoms with Crippen LogP contribution in [0.25, 0.3) is 0 Å². The second-order valence-corrected chi connectivity index (χ2v) is 3.95. The number of rotatable bonds is 5. The minimum Gasteiger partial charge on any atom is -0.481 e. The molecule has 18 heavy (non-hydrogen) atoms. The lowest BCUT2D eigenvalue weighted by Gasteiger charge is -2.23. The van der Waals surface area contributed by atoms with Crippen LogP contribution in [0.5, 0.6) is 11.8 Å². The monoisotopic (exact) mass is 258 g/mol. The third kappa shape index (κ3) is 2.34. The van der Waals surface area contributed by atoms with Gasteiger partial charge in [0.1, 0.15) is 0 Å². The maximum atomic E-state index is 14.6. The van der Waals surface area contributed by atoms with Crippen molar-refractivity contribution in [3.8, 4) is 11.8 Å². The molecule has 0 bridgehead atoms. The average molecular weight is 258 g/mol. The van der Waals surface area contributed by atoms with E-state index in [0.717, 1.165) is 0 Å². The fourth-order valence-electron chi connectivity index (χ4n) is 1.38. The summed E-state index contributed by atoms with van der Waals surface area (Å²) in [6, 6.07) is 1.34. The first kappa shape index (κ1) is 14.1. The molecule has 1 unspecified atom stereocenters. The zero-order chi connectivity index (χ0) is 13.9. The number of aromatic nitrogens is 2. The molecule has 6 nitrogen and oxygen atoms in total. The lowest BCUT2D eigenvalue weighted by molar-refractivity contribution is -0.156. The van der Waals surface area contributed by atoms with Crippen LogP contribution in [0, 0.1) is 5.92 Å². The van der Waals surface area contributed by atoms with Crippen LogP contribution in [0.4, 0.5) is 4.39 Å². The highest BCUT2D eigenvalue weighted by atomic mass is 19.1. The molecule has 0 aliphatic heterocycles. The first-order valence-corrected chi connectivity index (χ1v) is 5.26. The normalized spacial score (nSPS) is 14.1. The molecule has 0 aliphatic rings. The molecule has 0 aliphatic carbocycles. The van der Waals surface area contributed by atoms with Gasteiger partial charge in [0.15, 0.2) is 5.82 Å². The SMILES string of the molecule is COc1cc(OC)nc(C(F)(C(=O)O)C(C)C)n1. The number of hydrogen-bond acceptors (Lipinski definition) is 5. The summed E-state index contributed by atoms with van der Waals surface area (Å²) in [5, 5.41) is 9.05. The predicted molar refractivity (Wildman–Crippen MR) is 60.4 cm³/mol. The number of alkyl halides is 1. The van der Waals surface area contributed by atoms with Gasteiger partial charge in [-0.1, -0.05) is 13.8 Å². The Bertz CT molecular complexity index is 430. The van der Waals surface area contributed by atoms with Crippen molar-refractivity contribution in [3.05, 3.63) is 11.9 Å². The van der Waals surface area contributed by atoms with Crippen molar-refractivity contribution in [3.63, 3.8) is 0 Å². The van der Waals surface area contributed by atoms with Gasteiger partial charge in [0.2, 0.25) is 11.8 Å². The number of ether oxygens (including phenoxy) is 2. The van der Waals surface area contributed by atoms with Crippen molar-refractivity contribution < 1.29 is 23.8 Å². The molecule has 0 saturated carbocycles. The van der Waals surface area contributed by atoms with Crippen LogP contribution in [-0.4, -0.2) is 35.3 Å². The van der Waals surface area contributed by atoms with E-state index in [1.807, 2.05) is 0 Å². The highest BCUT2D eigenvalue weighted by Gasteiger charge is 2.47. The minimum absolute atomic E-state index is 0.0424. The first-order chi connectivity index (χ1) is 8.36. The molecule has 100 valence electrons. The maximum absolute atomic E-state index is 14.6. The van der Waals surface area contributed by atoms with Crippen molar-refractivity contribution in [1.82, 2.24) is 9.97 Å². The van der Waals surface area contributed by atoms with Crippen LogP contribution in [0.3, 0.4) is 0 Å². The van der Waals surface area contributed by atoms with Crippen LogP contribution in [0.15, 0.2) is 6.07 Å². The van der Waals surface area contributed by atoms with E-state index in [1.54, 1.807) is 0 Å². The van der Waals surface area contributed by atoms with Crippen molar-refractivity contribution in [2.24, 2.45) is 5.92 Å². The molecule has 0 fully saturated rings. The van der Waals surface area contributed by atoms with Crippen molar-refractivity contribution >= 4 is 5.97 Å². The lowest BCUT2D eigenvalue weighted by atomic mass is 9.91. The van der Waals surface area contributed by atoms with Gasteiger partial charge in [0, 0.05) is 5.92 Å². The number of halogens is 1. The van der Waals surface area contributed by atoms with E-state index in [0.29, 0.717) is 0 Å². The predicted octanol–water partition coefficient (Wildman–Crippen LogP) is 1.40. The molecule has 1 rings (SSSR count). The zero-order valence-electron chi connectivity index (χ0n) is 10.6. The topological polar surface area (TPSA) is 81.5 Å². The average Bonchev–Trinajstić information content (AvgIpc) is 2.36. The van der Waals surface area contributed by atoms with Gasteiger partial charge < -0.3 is 14.6 Å². The second-order valence-electron chi connectivity index (χ2n) is 3.95. The molecule has 0 spiro atoms. The number of nitrogens with zero attached hydrogens (tertiary/aromatic N) is 2. The summed E-state index contributed by atoms with van der Waals surface area (Å²) in [4.78, 5) is 18.6. The van der Waals surface area contributed by atoms with Gasteiger partial charge in [-0.05, 0) is 0 Å². The van der Waals surface area contributed by atoms with Gasteiger partial charge in [0.25, 0.3) is 5.67 Å². The molecule has 1 aromatic rings. The number of aliphatic carboxylic acids is 1. The van der Waals surface area contributed by atoms with E-state index in [9.17, 15) is 9.18 Å². The van der Waals surface area contributed by atoms with E-state index in [2.05, 4.69) is 9.97 Å². The number of carbonyl (C=O) groups is 1. The highest BCUT2D eigenvalue weighted by Crippen LogP contribution is 2.34. The van der Waals surface area contributed by atoms with Gasteiger partial charge in [0.05, 0.1) is 20.3 Å². The summed E-state index contributed by atoms with van der Waals surface area (Å²) < 4.78 is 24.3. The van der Waals surface area contributed by atoms with Crippen LogP contribution in [0.2, 0.25) is 0 Å². The zero-order valence-corrected chi connectivity index (χ0v) is 10.6. The van der Waals surface area contributed by atoms with Gasteiger partial charge in [-0.25, -0.2) is 9.18 Å². The maximum Gasteiger partial charge on any atom is 0.349 e. The third-order valence-electron chi connectivity index (χ3n) is 2.53. The lowest BCUT2D eigenvalue weighted by Crippen LogP contribution is -2.38. The molecular formula is C11H15FN2O4. The molecule has 0 amide bonds. The summed E-state index contributed by atoms with van der Waals surface area (Å²) in [6.45, 7) is 2.87. The summed E-state index contributed by atoms with van der Waals surface area (Å²) in [6.07, 6.45) is 0. The van der Waals surface area contributed by atoms with Crippen LogP contribution < -0.4 is 9.47 Å². The van der Waals surface area contributed by atoms with E-state index in [1.165, 1.54) is 34.1 Å². The Morgan fingerprint density at radius 2 is 1.78 bits per heavy atom. The van der Waals surface area contributed by atoms with Crippen LogP contribution >= 0.6 is 0 Å². The molecule has 1 atom stereocenters. The molecule has 1 heterocycles. The molecule has 1 N–H and O–H groups in total. The van der Waals surface area contributed by atoms with Crippen molar-refractivity contribution in [1.29, 1.82) is 0 Å². The summed E-state index contributed by atoms with van der Waals surface area (Å²) in [5.74, 6) is -2.89. The molecule has 0 radical (unpaired) electrons. The summed E-state index contributed by atoms with van der Waals surface area (Å²) in [7, 11) is 2.67. The van der Waals surface area contributed by atoms with E-state index < -0.39 is 23.4 Å². The van der Waals surface area contributed by atoms with Gasteiger partial charge in [-0.3, -0.25) is 0 Å². The van der Waals surface area contributed by atoms with E-state index >= 15 is 0 Å². The number of carboxylic acids is 1. The highest BCUT2D eigenvalue weighted by molar-refractivity contribution is 5.78. The van der Waals surface area contributed by atoms with Crippen molar-refractivity contribution in [2.45, 2.75) is 19.5 Å². The molecule has 1 aromatic heterocycles. The fraction of sp³-hybridized carbons (Fsp3) is 0.545. The standard InChI is InChI=1S/C11H15FN2O4/c1-6(2)11(12,10(15)16)9-13-7(17-3)5-8(14-9)18-4/h5-6H,1-4H3,(H,15,16). The van der Waals surface area contributed by atoms with Gasteiger partial charge >= 0.3 is 5.97 Å². The van der Waals surface area contributed by atoms with Gasteiger partial charge in [-0.15, -0.1) is 0 Å². The number of methoxy groups -OCH3 is 2. The van der Waals surface area contributed by atoms with Gasteiger partial charge in [-0.2, -0.15) is 9.97 Å². The Balaban J connectivity index is 3.41. The first-order valence-electron chi connectivity index (χ1n) is 5.26. The van der Waals surface area contributed by atoms with Crippen LogP contribution in [0.1, 0.15) is 19.7 Å². The minimum atomic E-state index is -2.69. The van der Waals surface area contributed by atoms with E-state index in [-0.39, 0.29) is 11.8 Å². The molecule has 7 heteroatoms. The molecule has 0 aromatic carbocycles. The Hall–Kier alpha value is -1.92. The van der Waals surface area contributed by atoms with Crippen LogP contribution in [-0.2, 0) is 10.5 Å². The molecular weight excluding hydrogens is 243 g/mol. The Labute approximate surface area is 104 Å². The Kier molecular flexibility index (Phi) is 4.05. The number of hydrogen-bond donors (Lipinski definition) is 1. The Morgan fingerprint density at radius 3 is 2.06 bits per heavy atom. The Morgan fingerprint density at radius 1 is 1.33 bits per heavy atom. The molecule has 0 saturated heterocycles.